The zero-order chi connectivity index (χ0) is 11.4. The topological polar surface area (TPSA) is 105 Å². The van der Waals surface area contributed by atoms with Crippen molar-refractivity contribution in [2.75, 3.05) is 17.3 Å². The summed E-state index contributed by atoms with van der Waals surface area (Å²) in [4.78, 5) is 19.5. The van der Waals surface area contributed by atoms with Crippen molar-refractivity contribution in [3.8, 4) is 0 Å². The summed E-state index contributed by atoms with van der Waals surface area (Å²) in [6, 6.07) is 1.47. The first-order valence-electron chi connectivity index (χ1n) is 5.13. The normalized spacial score (nSPS) is 20.1. The van der Waals surface area contributed by atoms with Crippen LogP contribution in [0.4, 0.5) is 11.8 Å². The molecule has 0 saturated carbocycles. The Balaban J connectivity index is 2.04. The van der Waals surface area contributed by atoms with Crippen LogP contribution >= 0.6 is 0 Å². The fourth-order valence-electron chi connectivity index (χ4n) is 1.60. The molecule has 7 nitrogen and oxygen atoms in total. The number of hydrogen-bond acceptors (Lipinski definition) is 6. The first kappa shape index (κ1) is 10.6. The van der Waals surface area contributed by atoms with Gasteiger partial charge in [0.15, 0.2) is 0 Å². The zero-order valence-electron chi connectivity index (χ0n) is 8.73. The lowest BCUT2D eigenvalue weighted by Crippen LogP contribution is -2.44. The van der Waals surface area contributed by atoms with E-state index >= 15 is 0 Å². The monoisotopic (exact) mass is 222 g/mol. The van der Waals surface area contributed by atoms with Crippen molar-refractivity contribution in [1.29, 1.82) is 0 Å². The van der Waals surface area contributed by atoms with Crippen molar-refractivity contribution < 1.29 is 4.79 Å². The van der Waals surface area contributed by atoms with Crippen molar-refractivity contribution in [3.63, 3.8) is 0 Å². The second kappa shape index (κ2) is 4.75. The van der Waals surface area contributed by atoms with Crippen LogP contribution in [0.5, 0.6) is 0 Å². The van der Waals surface area contributed by atoms with Crippen LogP contribution in [0.3, 0.4) is 0 Å². The van der Waals surface area contributed by atoms with Gasteiger partial charge in [0.05, 0.1) is 0 Å². The number of nitrogen functional groups attached to an aromatic ring is 1. The Morgan fingerprint density at radius 2 is 2.44 bits per heavy atom. The van der Waals surface area contributed by atoms with Gasteiger partial charge in [0.25, 0.3) is 0 Å². The maximum Gasteiger partial charge on any atom is 0.242 e. The molecule has 5 N–H and O–H groups in total. The van der Waals surface area contributed by atoms with Crippen molar-refractivity contribution in [1.82, 2.24) is 15.3 Å². The molecule has 1 aliphatic rings. The molecule has 0 bridgehead atoms. The van der Waals surface area contributed by atoms with E-state index in [1.165, 1.54) is 0 Å². The van der Waals surface area contributed by atoms with E-state index in [1.807, 2.05) is 0 Å². The smallest absolute Gasteiger partial charge is 0.242 e. The van der Waals surface area contributed by atoms with E-state index in [0.29, 0.717) is 11.8 Å². The predicted octanol–water partition coefficient (Wildman–Crippen LogP) is -0.547. The average Bonchev–Trinajstić information content (AvgIpc) is 2.32. The maximum atomic E-state index is 11.5. The molecule has 2 rings (SSSR count). The molecule has 1 saturated heterocycles. The number of nitrogens with two attached hydrogens (primary N) is 1. The van der Waals surface area contributed by atoms with E-state index in [9.17, 15) is 4.79 Å². The highest BCUT2D eigenvalue weighted by Crippen LogP contribution is 2.11. The molecule has 1 aliphatic heterocycles. The van der Waals surface area contributed by atoms with E-state index in [1.54, 1.807) is 12.3 Å². The molecular weight excluding hydrogens is 208 g/mol. The van der Waals surface area contributed by atoms with Gasteiger partial charge in [-0.3, -0.25) is 10.2 Å². The highest BCUT2D eigenvalue weighted by Gasteiger charge is 2.21. The number of carbonyl (C=O) groups is 1. The minimum Gasteiger partial charge on any atom is -0.358 e. The number of hydrogen-bond donors (Lipinski definition) is 4. The van der Waals surface area contributed by atoms with Gasteiger partial charge >= 0.3 is 0 Å². The van der Waals surface area contributed by atoms with Crippen LogP contribution in [-0.4, -0.2) is 28.5 Å². The molecule has 1 amide bonds. The standard InChI is InChI=1S/C9H14N6O/c10-15-9-12-5-3-7(14-9)13-6-2-1-4-11-8(6)16/h3,5-6H,1-2,4,10H2,(H,11,16)(H2,12,13,14,15). The van der Waals surface area contributed by atoms with E-state index < -0.39 is 0 Å². The second-order valence-corrected chi connectivity index (χ2v) is 3.54. The summed E-state index contributed by atoms with van der Waals surface area (Å²) in [5, 5.41) is 5.84. The average molecular weight is 222 g/mol. The Morgan fingerprint density at radius 1 is 1.56 bits per heavy atom. The molecule has 0 spiro atoms. The summed E-state index contributed by atoms with van der Waals surface area (Å²) in [5.74, 6) is 6.11. The quantitative estimate of drug-likeness (QED) is 0.404. The first-order chi connectivity index (χ1) is 7.79. The lowest BCUT2D eigenvalue weighted by Gasteiger charge is -2.23. The Kier molecular flexibility index (Phi) is 3.16. The fraction of sp³-hybridized carbons (Fsp3) is 0.444. The van der Waals surface area contributed by atoms with Crippen molar-refractivity contribution in [2.45, 2.75) is 18.9 Å². The number of anilines is 2. The van der Waals surface area contributed by atoms with Gasteiger partial charge in [-0.15, -0.1) is 0 Å². The third-order valence-electron chi connectivity index (χ3n) is 2.39. The number of hydrazine groups is 1. The van der Waals surface area contributed by atoms with Crippen LogP contribution in [0.25, 0.3) is 0 Å². The molecule has 86 valence electrons. The van der Waals surface area contributed by atoms with Crippen LogP contribution in [0.15, 0.2) is 12.3 Å². The summed E-state index contributed by atoms with van der Waals surface area (Å²) in [6.45, 7) is 0.746. The van der Waals surface area contributed by atoms with E-state index in [2.05, 4.69) is 26.0 Å². The van der Waals surface area contributed by atoms with Crippen LogP contribution in [-0.2, 0) is 4.79 Å². The first-order valence-corrected chi connectivity index (χ1v) is 5.13. The van der Waals surface area contributed by atoms with Gasteiger partial charge in [-0.2, -0.15) is 4.98 Å². The lowest BCUT2D eigenvalue weighted by molar-refractivity contribution is -0.123. The van der Waals surface area contributed by atoms with Gasteiger partial charge in [-0.05, 0) is 18.9 Å². The highest BCUT2D eigenvalue weighted by atomic mass is 16.2. The Labute approximate surface area is 92.8 Å². The zero-order valence-corrected chi connectivity index (χ0v) is 8.73. The minimum absolute atomic E-state index is 0.00659. The molecule has 16 heavy (non-hydrogen) atoms. The molecule has 1 fully saturated rings. The van der Waals surface area contributed by atoms with Crippen LogP contribution in [0.1, 0.15) is 12.8 Å². The third kappa shape index (κ3) is 2.37. The summed E-state index contributed by atoms with van der Waals surface area (Å²) in [7, 11) is 0. The molecule has 2 heterocycles. The van der Waals surface area contributed by atoms with Gasteiger partial charge in [0, 0.05) is 12.7 Å². The number of amides is 1. The Morgan fingerprint density at radius 3 is 3.19 bits per heavy atom. The van der Waals surface area contributed by atoms with Gasteiger partial charge in [0.2, 0.25) is 11.9 Å². The van der Waals surface area contributed by atoms with Crippen molar-refractivity contribution in [3.05, 3.63) is 12.3 Å². The van der Waals surface area contributed by atoms with Crippen molar-refractivity contribution in [2.24, 2.45) is 5.84 Å². The number of nitrogens with zero attached hydrogens (tertiary/aromatic N) is 2. The summed E-state index contributed by atoms with van der Waals surface area (Å²) in [5.41, 5.74) is 2.35. The summed E-state index contributed by atoms with van der Waals surface area (Å²) >= 11 is 0. The molecule has 0 radical (unpaired) electrons. The molecule has 0 aromatic carbocycles. The van der Waals surface area contributed by atoms with Crippen LogP contribution < -0.4 is 21.9 Å². The summed E-state index contributed by atoms with van der Waals surface area (Å²) in [6.07, 6.45) is 3.35. The number of carbonyl (C=O) groups excluding carboxylic acids is 1. The maximum absolute atomic E-state index is 11.5. The van der Waals surface area contributed by atoms with E-state index in [0.717, 1.165) is 19.4 Å². The molecular formula is C9H14N6O. The number of aromatic nitrogens is 2. The predicted molar refractivity (Wildman–Crippen MR) is 59.5 cm³/mol. The molecule has 1 atom stereocenters. The van der Waals surface area contributed by atoms with E-state index in [4.69, 9.17) is 5.84 Å². The number of rotatable bonds is 3. The Bertz CT molecular complexity index is 382. The lowest BCUT2D eigenvalue weighted by atomic mass is 10.1. The molecule has 1 aromatic heterocycles. The van der Waals surface area contributed by atoms with Gasteiger partial charge in [-0.25, -0.2) is 10.8 Å². The molecule has 1 aromatic rings. The SMILES string of the molecule is NNc1nccc(NC2CCCNC2=O)n1. The minimum atomic E-state index is -0.228. The van der Waals surface area contributed by atoms with Crippen LogP contribution in [0, 0.1) is 0 Å². The molecule has 1 unspecified atom stereocenters. The van der Waals surface area contributed by atoms with Gasteiger partial charge < -0.3 is 10.6 Å². The second-order valence-electron chi connectivity index (χ2n) is 3.54. The number of piperidine rings is 1. The largest absolute Gasteiger partial charge is 0.358 e. The third-order valence-corrected chi connectivity index (χ3v) is 2.39. The highest BCUT2D eigenvalue weighted by molar-refractivity contribution is 5.84. The van der Waals surface area contributed by atoms with E-state index in [-0.39, 0.29) is 11.9 Å². The summed E-state index contributed by atoms with van der Waals surface area (Å²) < 4.78 is 0. The van der Waals surface area contributed by atoms with Crippen molar-refractivity contribution >= 4 is 17.7 Å². The number of nitrogens with one attached hydrogen (secondary N) is 3. The Hall–Kier alpha value is -1.89. The molecule has 0 aliphatic carbocycles. The molecule has 7 heteroatoms. The van der Waals surface area contributed by atoms with Gasteiger partial charge in [-0.1, -0.05) is 0 Å². The van der Waals surface area contributed by atoms with Gasteiger partial charge in [0.1, 0.15) is 11.9 Å². The van der Waals surface area contributed by atoms with Crippen LogP contribution in [0.2, 0.25) is 0 Å². The fourth-order valence-corrected chi connectivity index (χ4v) is 1.60.